The minimum absolute atomic E-state index is 0.0620. The molecule has 2 aromatic rings. The Morgan fingerprint density at radius 2 is 1.69 bits per heavy atom. The van der Waals surface area contributed by atoms with Gasteiger partial charge in [-0.1, -0.05) is 26.7 Å². The number of pyridine rings is 1. The van der Waals surface area contributed by atoms with Gasteiger partial charge in [0.1, 0.15) is 0 Å². The Hall–Kier alpha value is -1.98. The molecule has 2 atom stereocenters. The fourth-order valence-corrected chi connectivity index (χ4v) is 4.25. The van der Waals surface area contributed by atoms with Crippen LogP contribution in [0.15, 0.2) is 29.1 Å². The van der Waals surface area contributed by atoms with Gasteiger partial charge in [0.2, 0.25) is 5.56 Å². The molecule has 0 radical (unpaired) electrons. The first-order chi connectivity index (χ1) is 12.3. The topological polar surface area (TPSA) is 36.1 Å². The summed E-state index contributed by atoms with van der Waals surface area (Å²) in [7, 11) is 0. The molecule has 0 amide bonds. The summed E-state index contributed by atoms with van der Waals surface area (Å²) in [5, 5.41) is 0.0620. The Bertz CT molecular complexity index is 814. The lowest BCUT2D eigenvalue weighted by Crippen LogP contribution is -2.36. The fourth-order valence-electron chi connectivity index (χ4n) is 4.25. The molecule has 0 spiro atoms. The Labute approximate surface area is 151 Å². The van der Waals surface area contributed by atoms with Gasteiger partial charge < -0.3 is 9.88 Å². The molecule has 0 bridgehead atoms. The monoisotopic (exact) mass is 366 g/mol. The van der Waals surface area contributed by atoms with E-state index in [4.69, 9.17) is 0 Å². The Kier molecular flexibility index (Phi) is 5.30. The van der Waals surface area contributed by atoms with E-state index in [1.807, 2.05) is 6.07 Å². The molecule has 2 heterocycles. The van der Waals surface area contributed by atoms with E-state index < -0.39 is 17.3 Å². The molecule has 26 heavy (non-hydrogen) atoms. The van der Waals surface area contributed by atoms with Gasteiger partial charge in [-0.05, 0) is 43.9 Å². The van der Waals surface area contributed by atoms with Crippen LogP contribution in [0.25, 0.3) is 10.9 Å². The zero-order chi connectivity index (χ0) is 18.9. The van der Waals surface area contributed by atoms with Crippen LogP contribution in [0, 0.1) is 0 Å². The lowest BCUT2D eigenvalue weighted by molar-refractivity contribution is -0.136. The molecule has 1 saturated heterocycles. The van der Waals surface area contributed by atoms with Gasteiger partial charge in [-0.2, -0.15) is 13.2 Å². The third-order valence-corrected chi connectivity index (χ3v) is 5.29. The van der Waals surface area contributed by atoms with Crippen LogP contribution in [-0.2, 0) is 6.18 Å². The number of aromatic nitrogens is 1. The molecule has 1 aromatic carbocycles. The molecular formula is C20H25F3N2O. The first-order valence-electron chi connectivity index (χ1n) is 9.37. The standard InChI is InChI=1S/C20H25F3N2O/c1-3-5-13-7-8-14(6-4-2)25(13)15-9-10-18-16(11-15)17(20(21,22)23)12-19(26)24-18/h9-14H,3-8H2,1-2H3,(H,24,26)/t13-,14-/m1/s1. The second kappa shape index (κ2) is 7.33. The van der Waals surface area contributed by atoms with E-state index in [9.17, 15) is 18.0 Å². The summed E-state index contributed by atoms with van der Waals surface area (Å²) in [6, 6.07) is 6.44. The molecule has 142 valence electrons. The van der Waals surface area contributed by atoms with Crippen molar-refractivity contribution in [3.05, 3.63) is 40.2 Å². The summed E-state index contributed by atoms with van der Waals surface area (Å²) < 4.78 is 40.3. The van der Waals surface area contributed by atoms with E-state index in [-0.39, 0.29) is 10.9 Å². The highest BCUT2D eigenvalue weighted by Crippen LogP contribution is 2.38. The second-order valence-electron chi connectivity index (χ2n) is 7.14. The maximum atomic E-state index is 13.4. The SMILES string of the molecule is CCC[C@@H]1CC[C@@H](CCC)N1c1ccc2[nH]c(=O)cc(C(F)(F)F)c2c1. The Morgan fingerprint density at radius 3 is 2.23 bits per heavy atom. The van der Waals surface area contributed by atoms with Gasteiger partial charge in [0.25, 0.3) is 0 Å². The lowest BCUT2D eigenvalue weighted by Gasteiger charge is -2.33. The van der Waals surface area contributed by atoms with Crippen molar-refractivity contribution >= 4 is 16.6 Å². The predicted molar refractivity (Wildman–Crippen MR) is 98.7 cm³/mol. The summed E-state index contributed by atoms with van der Waals surface area (Å²) in [4.78, 5) is 16.4. The van der Waals surface area contributed by atoms with Crippen LogP contribution in [0.4, 0.5) is 18.9 Å². The minimum atomic E-state index is -4.55. The van der Waals surface area contributed by atoms with Crippen molar-refractivity contribution < 1.29 is 13.2 Å². The molecule has 0 unspecified atom stereocenters. The number of anilines is 1. The van der Waals surface area contributed by atoms with Crippen LogP contribution in [0.5, 0.6) is 0 Å². The van der Waals surface area contributed by atoms with Crippen molar-refractivity contribution in [1.82, 2.24) is 4.98 Å². The van der Waals surface area contributed by atoms with Crippen LogP contribution < -0.4 is 10.5 Å². The molecule has 1 aliphatic heterocycles. The average molecular weight is 366 g/mol. The van der Waals surface area contributed by atoms with Gasteiger partial charge in [-0.15, -0.1) is 0 Å². The van der Waals surface area contributed by atoms with Gasteiger partial charge in [0.15, 0.2) is 0 Å². The smallest absolute Gasteiger partial charge is 0.366 e. The molecule has 0 aliphatic carbocycles. The van der Waals surface area contributed by atoms with Crippen molar-refractivity contribution in [3.63, 3.8) is 0 Å². The van der Waals surface area contributed by atoms with Crippen LogP contribution in [0.1, 0.15) is 57.9 Å². The van der Waals surface area contributed by atoms with E-state index in [0.717, 1.165) is 44.2 Å². The largest absolute Gasteiger partial charge is 0.417 e. The maximum Gasteiger partial charge on any atom is 0.417 e. The van der Waals surface area contributed by atoms with Crippen LogP contribution in [0.2, 0.25) is 0 Å². The highest BCUT2D eigenvalue weighted by Gasteiger charge is 2.35. The number of hydrogen-bond acceptors (Lipinski definition) is 2. The number of fused-ring (bicyclic) bond motifs is 1. The molecule has 1 fully saturated rings. The first-order valence-corrected chi connectivity index (χ1v) is 9.37. The van der Waals surface area contributed by atoms with Gasteiger partial charge >= 0.3 is 6.18 Å². The van der Waals surface area contributed by atoms with Crippen molar-refractivity contribution in [2.45, 2.75) is 70.6 Å². The number of halogens is 3. The zero-order valence-electron chi connectivity index (χ0n) is 15.2. The first kappa shape index (κ1) is 18.8. The predicted octanol–water partition coefficient (Wildman–Crippen LogP) is 5.48. The normalized spacial score (nSPS) is 20.9. The van der Waals surface area contributed by atoms with E-state index in [2.05, 4.69) is 23.7 Å². The molecule has 1 N–H and O–H groups in total. The van der Waals surface area contributed by atoms with Crippen molar-refractivity contribution in [1.29, 1.82) is 0 Å². The number of nitrogens with one attached hydrogen (secondary N) is 1. The van der Waals surface area contributed by atoms with Crippen molar-refractivity contribution in [3.8, 4) is 0 Å². The Morgan fingerprint density at radius 1 is 1.08 bits per heavy atom. The Balaban J connectivity index is 2.12. The van der Waals surface area contributed by atoms with Crippen LogP contribution >= 0.6 is 0 Å². The van der Waals surface area contributed by atoms with E-state index in [1.165, 1.54) is 0 Å². The number of rotatable bonds is 5. The highest BCUT2D eigenvalue weighted by atomic mass is 19.4. The molecule has 3 nitrogen and oxygen atoms in total. The lowest BCUT2D eigenvalue weighted by atomic mass is 10.1. The molecule has 3 rings (SSSR count). The summed E-state index contributed by atoms with van der Waals surface area (Å²) in [6.07, 6.45) is 1.78. The minimum Gasteiger partial charge on any atom is -0.366 e. The molecular weight excluding hydrogens is 341 g/mol. The average Bonchev–Trinajstić information content (AvgIpc) is 2.96. The fraction of sp³-hybridized carbons (Fsp3) is 0.550. The van der Waals surface area contributed by atoms with Gasteiger partial charge in [0.05, 0.1) is 5.56 Å². The third kappa shape index (κ3) is 3.60. The highest BCUT2D eigenvalue weighted by molar-refractivity contribution is 5.86. The van der Waals surface area contributed by atoms with E-state index in [0.29, 0.717) is 18.2 Å². The maximum absolute atomic E-state index is 13.4. The summed E-state index contributed by atoms with van der Waals surface area (Å²) in [5.74, 6) is 0. The van der Waals surface area contributed by atoms with Gasteiger partial charge in [0, 0.05) is 34.7 Å². The number of aromatic amines is 1. The molecule has 1 aliphatic rings. The number of hydrogen-bond donors (Lipinski definition) is 1. The number of benzene rings is 1. The van der Waals surface area contributed by atoms with Crippen molar-refractivity contribution in [2.24, 2.45) is 0 Å². The van der Waals surface area contributed by atoms with Gasteiger partial charge in [-0.25, -0.2) is 0 Å². The zero-order valence-corrected chi connectivity index (χ0v) is 15.2. The quantitative estimate of drug-likeness (QED) is 0.760. The molecule has 6 heteroatoms. The third-order valence-electron chi connectivity index (χ3n) is 5.29. The summed E-state index contributed by atoms with van der Waals surface area (Å²) in [6.45, 7) is 4.27. The van der Waals surface area contributed by atoms with Gasteiger partial charge in [-0.3, -0.25) is 4.79 Å². The second-order valence-corrected chi connectivity index (χ2v) is 7.14. The molecule has 1 aromatic heterocycles. The number of H-pyrrole nitrogens is 1. The van der Waals surface area contributed by atoms with Crippen LogP contribution in [-0.4, -0.2) is 17.1 Å². The summed E-state index contributed by atoms with van der Waals surface area (Å²) in [5.41, 5.74) is -0.542. The number of alkyl halides is 3. The van der Waals surface area contributed by atoms with Crippen LogP contribution in [0.3, 0.4) is 0 Å². The van der Waals surface area contributed by atoms with Crippen molar-refractivity contribution in [2.75, 3.05) is 4.90 Å². The van der Waals surface area contributed by atoms with E-state index in [1.54, 1.807) is 12.1 Å². The molecule has 0 saturated carbocycles. The van der Waals surface area contributed by atoms with E-state index >= 15 is 0 Å². The summed E-state index contributed by atoms with van der Waals surface area (Å²) >= 11 is 0. The number of nitrogens with zero attached hydrogens (tertiary/aromatic N) is 1.